The number of carboxylic acid groups (broad SMARTS) is 1. The van der Waals surface area contributed by atoms with E-state index in [1.807, 2.05) is 5.32 Å². The molecule has 24 heavy (non-hydrogen) atoms. The largest absolute Gasteiger partial charge is 0.478 e. The number of halogens is 5. The molecule has 0 fully saturated rings. The van der Waals surface area contributed by atoms with Gasteiger partial charge in [-0.3, -0.25) is 0 Å². The van der Waals surface area contributed by atoms with Crippen LogP contribution in [0.25, 0.3) is 0 Å². The number of nitrogens with one attached hydrogen (secondary N) is 1. The van der Waals surface area contributed by atoms with Crippen LogP contribution in [0.2, 0.25) is 0 Å². The van der Waals surface area contributed by atoms with Gasteiger partial charge in [0.1, 0.15) is 23.4 Å². The summed E-state index contributed by atoms with van der Waals surface area (Å²) in [5, 5.41) is 19.4. The normalized spacial score (nSPS) is 11.1. The zero-order valence-electron chi connectivity index (χ0n) is 11.7. The fraction of sp³-hybridized carbons (Fsp3) is 0.333. The van der Waals surface area contributed by atoms with Crippen LogP contribution in [0.1, 0.15) is 38.5 Å². The van der Waals surface area contributed by atoms with E-state index in [4.69, 9.17) is 10.4 Å². The van der Waals surface area contributed by atoms with Crippen LogP contribution in [0, 0.1) is 11.3 Å². The van der Waals surface area contributed by atoms with Crippen LogP contribution in [0.4, 0.5) is 27.6 Å². The van der Waals surface area contributed by atoms with Crippen molar-refractivity contribution < 1.29 is 41.4 Å². The van der Waals surface area contributed by atoms with E-state index < -0.39 is 59.3 Å². The number of anilines is 1. The highest BCUT2D eigenvalue weighted by Gasteiger charge is 2.43. The zero-order valence-corrected chi connectivity index (χ0v) is 11.7. The number of hydrogen-bond donors (Lipinski definition) is 2. The molecule has 1 aromatic rings. The van der Waals surface area contributed by atoms with E-state index in [1.54, 1.807) is 0 Å². The average molecular weight is 353 g/mol. The Bertz CT molecular complexity index is 712. The van der Waals surface area contributed by atoms with Crippen molar-refractivity contribution in [2.75, 3.05) is 19.0 Å². The Hall–Kier alpha value is -2.97. The fourth-order valence-electron chi connectivity index (χ4n) is 1.79. The number of alkyl halides is 5. The number of aromatic nitrogens is 1. The summed E-state index contributed by atoms with van der Waals surface area (Å²) in [4.78, 5) is 25.5. The Kier molecular flexibility index (Phi) is 5.62. The number of rotatable bonds is 5. The summed E-state index contributed by atoms with van der Waals surface area (Å²) in [6, 6.07) is 1.43. The summed E-state index contributed by atoms with van der Waals surface area (Å²) in [6.07, 6.45) is -9.03. The molecule has 0 bridgehead atoms. The number of methoxy groups -OCH3 is 1. The van der Waals surface area contributed by atoms with Crippen molar-refractivity contribution in [3.05, 3.63) is 22.5 Å². The highest BCUT2D eigenvalue weighted by Crippen LogP contribution is 2.39. The predicted molar refractivity (Wildman–Crippen MR) is 66.6 cm³/mol. The van der Waals surface area contributed by atoms with Crippen molar-refractivity contribution in [2.45, 2.75) is 12.6 Å². The average Bonchev–Trinajstić information content (AvgIpc) is 2.48. The maximum atomic E-state index is 13.0. The number of esters is 1. The van der Waals surface area contributed by atoms with Crippen molar-refractivity contribution in [1.29, 1.82) is 5.26 Å². The first kappa shape index (κ1) is 19.1. The second-order valence-electron chi connectivity index (χ2n) is 4.08. The van der Waals surface area contributed by atoms with Gasteiger partial charge in [0.2, 0.25) is 0 Å². The first-order valence-corrected chi connectivity index (χ1v) is 5.91. The summed E-state index contributed by atoms with van der Waals surface area (Å²) in [6.45, 7) is -0.756. The minimum atomic E-state index is -5.39. The van der Waals surface area contributed by atoms with Gasteiger partial charge in [-0.05, 0) is 0 Å². The Balaban J connectivity index is 3.99. The van der Waals surface area contributed by atoms with Gasteiger partial charge in [0.05, 0.1) is 18.9 Å². The van der Waals surface area contributed by atoms with Crippen molar-refractivity contribution in [2.24, 2.45) is 0 Å². The number of carbonyl (C=O) groups is 2. The van der Waals surface area contributed by atoms with Crippen molar-refractivity contribution in [3.63, 3.8) is 0 Å². The first-order chi connectivity index (χ1) is 11.1. The highest BCUT2D eigenvalue weighted by atomic mass is 19.4. The molecule has 0 aliphatic rings. The van der Waals surface area contributed by atoms with E-state index in [-0.39, 0.29) is 0 Å². The SMILES string of the molecule is COC(=O)c1c(C(F)F)nc(C(F)(F)F)c(C(=O)O)c1NCC#N. The number of nitriles is 1. The van der Waals surface area contributed by atoms with Gasteiger partial charge in [0.15, 0.2) is 5.69 Å². The molecule has 0 aliphatic carbocycles. The number of ether oxygens (including phenoxy) is 1. The van der Waals surface area contributed by atoms with Gasteiger partial charge in [-0.2, -0.15) is 18.4 Å². The number of carboxylic acids is 1. The minimum absolute atomic E-state index is 0.754. The highest BCUT2D eigenvalue weighted by molar-refractivity contribution is 6.05. The maximum Gasteiger partial charge on any atom is 0.434 e. The van der Waals surface area contributed by atoms with E-state index in [0.717, 1.165) is 7.11 Å². The Morgan fingerprint density at radius 3 is 2.33 bits per heavy atom. The van der Waals surface area contributed by atoms with Gasteiger partial charge in [-0.25, -0.2) is 23.4 Å². The smallest absolute Gasteiger partial charge is 0.434 e. The summed E-state index contributed by atoms with van der Waals surface area (Å²) >= 11 is 0. The molecule has 1 aromatic heterocycles. The number of hydrogen-bond acceptors (Lipinski definition) is 6. The van der Waals surface area contributed by atoms with Crippen LogP contribution < -0.4 is 5.32 Å². The molecule has 0 atom stereocenters. The molecule has 0 saturated heterocycles. The maximum absolute atomic E-state index is 13.0. The molecule has 7 nitrogen and oxygen atoms in total. The van der Waals surface area contributed by atoms with Crippen LogP contribution in [-0.4, -0.2) is 35.7 Å². The lowest BCUT2D eigenvalue weighted by Crippen LogP contribution is -2.24. The lowest BCUT2D eigenvalue weighted by atomic mass is 10.0. The topological polar surface area (TPSA) is 112 Å². The standard InChI is InChI=1S/C12H8F5N3O4/c1-24-11(23)4-6(19-3-2-18)5(10(21)22)8(12(15,16)17)20-7(4)9(13)14/h9H,3H2,1H3,(H,19,20)(H,21,22). The number of carbonyl (C=O) groups excluding carboxylic acids is 1. The Morgan fingerprint density at radius 2 is 1.96 bits per heavy atom. The lowest BCUT2D eigenvalue weighted by molar-refractivity contribution is -0.142. The second-order valence-corrected chi connectivity index (χ2v) is 4.08. The van der Waals surface area contributed by atoms with E-state index in [2.05, 4.69) is 9.72 Å². The van der Waals surface area contributed by atoms with Gasteiger partial charge >= 0.3 is 18.1 Å². The summed E-state index contributed by atoms with van der Waals surface area (Å²) in [7, 11) is 0.754. The second kappa shape index (κ2) is 7.07. The first-order valence-electron chi connectivity index (χ1n) is 5.91. The van der Waals surface area contributed by atoms with E-state index in [1.165, 1.54) is 6.07 Å². The molecule has 0 saturated carbocycles. The molecular weight excluding hydrogens is 345 g/mol. The molecule has 2 N–H and O–H groups in total. The number of pyridine rings is 1. The summed E-state index contributed by atoms with van der Waals surface area (Å²) in [5.74, 6) is -3.71. The summed E-state index contributed by atoms with van der Waals surface area (Å²) < 4.78 is 69.3. The van der Waals surface area contributed by atoms with Crippen LogP contribution in [0.15, 0.2) is 0 Å². The van der Waals surface area contributed by atoms with Crippen molar-refractivity contribution >= 4 is 17.6 Å². The molecule has 0 aliphatic heterocycles. The van der Waals surface area contributed by atoms with Gasteiger partial charge in [-0.15, -0.1) is 0 Å². The Labute approximate surface area is 130 Å². The monoisotopic (exact) mass is 353 g/mol. The fourth-order valence-corrected chi connectivity index (χ4v) is 1.79. The minimum Gasteiger partial charge on any atom is -0.478 e. The zero-order chi connectivity index (χ0) is 18.7. The molecule has 0 aromatic carbocycles. The third-order valence-corrected chi connectivity index (χ3v) is 2.65. The van der Waals surface area contributed by atoms with Crippen LogP contribution in [-0.2, 0) is 10.9 Å². The predicted octanol–water partition coefficient (Wildman–Crippen LogP) is 2.46. The van der Waals surface area contributed by atoms with E-state index >= 15 is 0 Å². The van der Waals surface area contributed by atoms with Crippen LogP contribution in [0.5, 0.6) is 0 Å². The molecule has 0 spiro atoms. The molecule has 0 amide bonds. The summed E-state index contributed by atoms with van der Waals surface area (Å²) in [5.41, 5.74) is -7.61. The van der Waals surface area contributed by atoms with Crippen molar-refractivity contribution in [1.82, 2.24) is 4.98 Å². The van der Waals surface area contributed by atoms with Gasteiger partial charge in [0, 0.05) is 0 Å². The molecule has 12 heteroatoms. The van der Waals surface area contributed by atoms with Gasteiger partial charge in [0.25, 0.3) is 6.43 Å². The third-order valence-electron chi connectivity index (χ3n) is 2.65. The van der Waals surface area contributed by atoms with E-state index in [0.29, 0.717) is 0 Å². The quantitative estimate of drug-likeness (QED) is 0.475. The molecule has 0 unspecified atom stereocenters. The Morgan fingerprint density at radius 1 is 1.38 bits per heavy atom. The molecule has 1 rings (SSSR count). The van der Waals surface area contributed by atoms with Crippen molar-refractivity contribution in [3.8, 4) is 6.07 Å². The van der Waals surface area contributed by atoms with Crippen LogP contribution >= 0.6 is 0 Å². The number of nitrogens with zero attached hydrogens (tertiary/aromatic N) is 2. The molecule has 0 radical (unpaired) electrons. The number of aromatic carboxylic acids is 1. The van der Waals surface area contributed by atoms with Crippen LogP contribution in [0.3, 0.4) is 0 Å². The van der Waals surface area contributed by atoms with Gasteiger partial charge < -0.3 is 15.2 Å². The molecule has 1 heterocycles. The van der Waals surface area contributed by atoms with Gasteiger partial charge in [-0.1, -0.05) is 0 Å². The lowest BCUT2D eigenvalue weighted by Gasteiger charge is -2.19. The molecule has 130 valence electrons. The van der Waals surface area contributed by atoms with E-state index in [9.17, 15) is 31.5 Å². The third kappa shape index (κ3) is 3.67. The molecular formula is C12H8F5N3O4.